The van der Waals surface area contributed by atoms with Crippen LogP contribution >= 0.6 is 0 Å². The number of carbonyl (C=O) groups excluding carboxylic acids is 6. The summed E-state index contributed by atoms with van der Waals surface area (Å²) in [5, 5.41) is 33.8. The molecule has 17 nitrogen and oxygen atoms in total. The van der Waals surface area contributed by atoms with Crippen LogP contribution in [-0.2, 0) is 46.4 Å². The predicted octanol–water partition coefficient (Wildman–Crippen LogP) is 1.86. The molecule has 0 bridgehead atoms. The molecule has 0 saturated carbocycles. The van der Waals surface area contributed by atoms with Crippen molar-refractivity contribution in [2.75, 3.05) is 6.54 Å². The topological polar surface area (TPSA) is 265 Å². The maximum absolute atomic E-state index is 14.6. The molecule has 1 fully saturated rings. The van der Waals surface area contributed by atoms with Gasteiger partial charge in [0.25, 0.3) is 0 Å². The standard InChI is InChI=1S/C44H62N8O9/c1-23(2)19-31(45)38(54)50-37(25(5)6)42(58)51-36(24(3)4)41(57)49-34(20-27-14-16-29(53)17-15-27)43(59)52-18-10-13-35(52)40(56)48-33(39(55)47-26(7)44(60)61)21-28-22-46-32-12-9-8-11-30(28)32/h8-9,11-12,14-17,22-26,31,33-37,46,53H,10,13,18-21,45H2,1-7H3,(H,47,55)(H,48,56)(H,49,57)(H,50,54)(H,51,58)(H,60,61)/t26-,31-,33-,34-,35-,36-,37-/m0/s1. The number of carboxylic acid groups (broad SMARTS) is 1. The van der Waals surface area contributed by atoms with E-state index in [1.54, 1.807) is 46.0 Å². The number of para-hydroxylation sites is 1. The molecule has 6 amide bonds. The molecule has 0 aliphatic carbocycles. The lowest BCUT2D eigenvalue weighted by molar-refractivity contribution is -0.143. The minimum absolute atomic E-state index is 0.00420. The molecule has 0 radical (unpaired) electrons. The van der Waals surface area contributed by atoms with Crippen LogP contribution in [0.3, 0.4) is 0 Å². The molecule has 0 unspecified atom stereocenters. The van der Waals surface area contributed by atoms with E-state index in [4.69, 9.17) is 5.73 Å². The summed E-state index contributed by atoms with van der Waals surface area (Å²) in [6.07, 6.45) is 2.80. The van der Waals surface area contributed by atoms with Gasteiger partial charge in [-0.25, -0.2) is 0 Å². The second-order valence-electron chi connectivity index (χ2n) is 17.0. The Hall–Kier alpha value is -5.97. The van der Waals surface area contributed by atoms with Gasteiger partial charge in [0.15, 0.2) is 0 Å². The molecule has 10 N–H and O–H groups in total. The first-order valence-electron chi connectivity index (χ1n) is 20.9. The minimum atomic E-state index is -1.26. The number of nitrogens with one attached hydrogen (secondary N) is 6. The third kappa shape index (κ3) is 13.0. The summed E-state index contributed by atoms with van der Waals surface area (Å²) >= 11 is 0. The summed E-state index contributed by atoms with van der Waals surface area (Å²) in [5.74, 6) is -5.64. The van der Waals surface area contributed by atoms with Crippen LogP contribution in [-0.4, -0.2) is 110 Å². The van der Waals surface area contributed by atoms with Crippen LogP contribution in [0.2, 0.25) is 0 Å². The van der Waals surface area contributed by atoms with Gasteiger partial charge >= 0.3 is 5.97 Å². The number of fused-ring (bicyclic) bond motifs is 1. The van der Waals surface area contributed by atoms with Crippen molar-refractivity contribution < 1.29 is 43.8 Å². The molecule has 2 heterocycles. The average Bonchev–Trinajstić information content (AvgIpc) is 3.86. The van der Waals surface area contributed by atoms with E-state index in [0.717, 1.165) is 10.9 Å². The summed E-state index contributed by atoms with van der Waals surface area (Å²) in [6, 6.07) is 5.79. The molecule has 1 aliphatic heterocycles. The van der Waals surface area contributed by atoms with E-state index < -0.39 is 89.6 Å². The third-order valence-corrected chi connectivity index (χ3v) is 10.8. The number of amides is 6. The van der Waals surface area contributed by atoms with E-state index in [2.05, 4.69) is 31.6 Å². The maximum Gasteiger partial charge on any atom is 0.325 e. The lowest BCUT2D eigenvalue weighted by Gasteiger charge is -2.32. The van der Waals surface area contributed by atoms with Crippen molar-refractivity contribution in [1.29, 1.82) is 0 Å². The molecule has 0 spiro atoms. The quantitative estimate of drug-likeness (QED) is 0.0797. The largest absolute Gasteiger partial charge is 0.508 e. The highest BCUT2D eigenvalue weighted by molar-refractivity contribution is 5.98. The van der Waals surface area contributed by atoms with Gasteiger partial charge in [-0.15, -0.1) is 0 Å². The Balaban J connectivity index is 1.57. The first kappa shape index (κ1) is 47.7. The zero-order chi connectivity index (χ0) is 45.1. The van der Waals surface area contributed by atoms with Crippen LogP contribution in [0.25, 0.3) is 10.9 Å². The summed E-state index contributed by atoms with van der Waals surface area (Å²) in [7, 11) is 0. The number of aliphatic carboxylic acids is 1. The molecule has 7 atom stereocenters. The summed E-state index contributed by atoms with van der Waals surface area (Å²) in [6.45, 7) is 12.3. The fourth-order valence-corrected chi connectivity index (χ4v) is 7.39. The normalized spacial score (nSPS) is 17.0. The third-order valence-electron chi connectivity index (χ3n) is 10.8. The number of likely N-dealkylation sites (tertiary alicyclic amines) is 1. The zero-order valence-corrected chi connectivity index (χ0v) is 36.0. The molecular formula is C44H62N8O9. The molecule has 61 heavy (non-hydrogen) atoms. The molecule has 1 saturated heterocycles. The smallest absolute Gasteiger partial charge is 0.325 e. The first-order chi connectivity index (χ1) is 28.8. The average molecular weight is 847 g/mol. The minimum Gasteiger partial charge on any atom is -0.508 e. The second-order valence-corrected chi connectivity index (χ2v) is 17.0. The molecule has 1 aromatic heterocycles. The summed E-state index contributed by atoms with van der Waals surface area (Å²) in [5.41, 5.74) is 8.19. The van der Waals surface area contributed by atoms with Crippen molar-refractivity contribution in [3.8, 4) is 5.75 Å². The number of benzene rings is 2. The van der Waals surface area contributed by atoms with E-state index in [-0.39, 0.29) is 43.4 Å². The molecule has 4 rings (SSSR count). The van der Waals surface area contributed by atoms with Crippen molar-refractivity contribution in [1.82, 2.24) is 36.5 Å². The Morgan fingerprint density at radius 1 is 0.754 bits per heavy atom. The van der Waals surface area contributed by atoms with Gasteiger partial charge in [-0.2, -0.15) is 0 Å². The summed E-state index contributed by atoms with van der Waals surface area (Å²) < 4.78 is 0. The van der Waals surface area contributed by atoms with Crippen LogP contribution in [0, 0.1) is 17.8 Å². The van der Waals surface area contributed by atoms with Gasteiger partial charge in [-0.3, -0.25) is 33.6 Å². The number of aromatic nitrogens is 1. The Morgan fingerprint density at radius 3 is 1.97 bits per heavy atom. The van der Waals surface area contributed by atoms with E-state index >= 15 is 0 Å². The number of phenolic OH excluding ortho intramolecular Hbond substituents is 1. The van der Waals surface area contributed by atoms with Crippen molar-refractivity contribution in [3.05, 3.63) is 65.9 Å². The van der Waals surface area contributed by atoms with Gasteiger partial charge in [0.1, 0.15) is 42.0 Å². The summed E-state index contributed by atoms with van der Waals surface area (Å²) in [4.78, 5) is 99.1. The molecule has 17 heteroatoms. The Labute approximate surface area is 356 Å². The highest BCUT2D eigenvalue weighted by atomic mass is 16.4. The molecular weight excluding hydrogens is 785 g/mol. The number of nitrogens with zero attached hydrogens (tertiary/aromatic N) is 1. The Morgan fingerprint density at radius 2 is 1.36 bits per heavy atom. The number of rotatable bonds is 20. The van der Waals surface area contributed by atoms with Gasteiger partial charge in [-0.05, 0) is 73.3 Å². The van der Waals surface area contributed by atoms with E-state index in [1.165, 1.54) is 24.0 Å². The monoisotopic (exact) mass is 846 g/mol. The predicted molar refractivity (Wildman–Crippen MR) is 229 cm³/mol. The van der Waals surface area contributed by atoms with Gasteiger partial charge in [0.2, 0.25) is 35.4 Å². The number of carboxylic acids is 1. The number of hydrogen-bond acceptors (Lipinski definition) is 9. The van der Waals surface area contributed by atoms with Crippen LogP contribution < -0.4 is 32.3 Å². The second kappa shape index (κ2) is 21.5. The lowest BCUT2D eigenvalue weighted by atomic mass is 9.97. The highest BCUT2D eigenvalue weighted by Gasteiger charge is 2.40. The molecule has 2 aromatic carbocycles. The molecule has 332 valence electrons. The number of aromatic amines is 1. The van der Waals surface area contributed by atoms with Gasteiger partial charge in [0.05, 0.1) is 6.04 Å². The van der Waals surface area contributed by atoms with Crippen molar-refractivity contribution in [2.45, 2.75) is 123 Å². The van der Waals surface area contributed by atoms with Gasteiger partial charge in [-0.1, -0.05) is 71.9 Å². The van der Waals surface area contributed by atoms with Crippen molar-refractivity contribution >= 4 is 52.3 Å². The number of H-pyrrole nitrogens is 1. The number of nitrogens with two attached hydrogens (primary N) is 1. The number of hydrogen-bond donors (Lipinski definition) is 9. The number of aromatic hydroxyl groups is 1. The maximum atomic E-state index is 14.6. The fourth-order valence-electron chi connectivity index (χ4n) is 7.39. The number of carbonyl (C=O) groups is 7. The highest BCUT2D eigenvalue weighted by Crippen LogP contribution is 2.23. The van der Waals surface area contributed by atoms with Crippen LogP contribution in [0.4, 0.5) is 0 Å². The number of phenols is 1. The van der Waals surface area contributed by atoms with Crippen LogP contribution in [0.5, 0.6) is 5.75 Å². The SMILES string of the molecule is CC(C)C[C@H](N)C(=O)N[C@H](C(=O)N[C@H](C(=O)N[C@@H](Cc1ccc(O)cc1)C(=O)N1CCC[C@H]1C(=O)N[C@@H](Cc1c[nH]c2ccccc12)C(=O)N[C@@H](C)C(=O)O)C(C)C)C(C)C. The first-order valence-corrected chi connectivity index (χ1v) is 20.9. The lowest BCUT2D eigenvalue weighted by Crippen LogP contribution is -2.61. The zero-order valence-electron chi connectivity index (χ0n) is 36.0. The Bertz CT molecular complexity index is 2030. The molecule has 3 aromatic rings. The van der Waals surface area contributed by atoms with Crippen LogP contribution in [0.1, 0.15) is 78.9 Å². The fraction of sp³-hybridized carbons (Fsp3) is 0.523. The Kier molecular flexibility index (Phi) is 16.8. The van der Waals surface area contributed by atoms with E-state index in [9.17, 15) is 43.8 Å². The molecule has 1 aliphatic rings. The van der Waals surface area contributed by atoms with Gasteiger partial charge < -0.3 is 52.4 Å². The van der Waals surface area contributed by atoms with Crippen molar-refractivity contribution in [2.24, 2.45) is 23.5 Å². The van der Waals surface area contributed by atoms with Crippen molar-refractivity contribution in [3.63, 3.8) is 0 Å². The van der Waals surface area contributed by atoms with Gasteiger partial charge in [0, 0.05) is 36.5 Å². The van der Waals surface area contributed by atoms with E-state index in [1.807, 2.05) is 38.1 Å². The van der Waals surface area contributed by atoms with Crippen LogP contribution in [0.15, 0.2) is 54.7 Å². The van der Waals surface area contributed by atoms with E-state index in [0.29, 0.717) is 24.0 Å².